The van der Waals surface area contributed by atoms with Crippen molar-refractivity contribution in [3.8, 4) is 6.07 Å². The Labute approximate surface area is 77.8 Å². The Kier molecular flexibility index (Phi) is 2.88. The van der Waals surface area contributed by atoms with Gasteiger partial charge in [-0.3, -0.25) is 0 Å². The standard InChI is InChI=1S/C10H12N2O/c1-12(2)9-5-3-8(4-6-9)10(13)7-11/h3-6,10,13H,1-2H3/t10-/m0/s1. The number of anilines is 1. The number of hydrogen-bond acceptors (Lipinski definition) is 3. The molecule has 0 spiro atoms. The summed E-state index contributed by atoms with van der Waals surface area (Å²) in [7, 11) is 3.88. The molecule has 1 atom stereocenters. The third kappa shape index (κ3) is 2.20. The van der Waals surface area contributed by atoms with E-state index in [-0.39, 0.29) is 0 Å². The highest BCUT2D eigenvalue weighted by Crippen LogP contribution is 2.16. The van der Waals surface area contributed by atoms with Crippen molar-refractivity contribution in [1.29, 1.82) is 5.26 Å². The molecule has 0 saturated carbocycles. The average molecular weight is 176 g/mol. The van der Waals surface area contributed by atoms with E-state index in [0.717, 1.165) is 5.69 Å². The Bertz CT molecular complexity index is 311. The molecule has 0 radical (unpaired) electrons. The van der Waals surface area contributed by atoms with E-state index in [4.69, 9.17) is 5.26 Å². The van der Waals surface area contributed by atoms with E-state index >= 15 is 0 Å². The first kappa shape index (κ1) is 9.56. The largest absolute Gasteiger partial charge is 0.378 e. The molecule has 0 amide bonds. The van der Waals surface area contributed by atoms with Gasteiger partial charge in [0.05, 0.1) is 6.07 Å². The number of benzene rings is 1. The van der Waals surface area contributed by atoms with Crippen LogP contribution in [0.2, 0.25) is 0 Å². The highest BCUT2D eigenvalue weighted by atomic mass is 16.3. The van der Waals surface area contributed by atoms with Crippen LogP contribution in [-0.4, -0.2) is 19.2 Å². The quantitative estimate of drug-likeness (QED) is 0.691. The van der Waals surface area contributed by atoms with Crippen molar-refractivity contribution >= 4 is 5.69 Å². The fourth-order valence-electron chi connectivity index (χ4n) is 1.03. The highest BCUT2D eigenvalue weighted by Gasteiger charge is 2.04. The molecule has 0 aliphatic heterocycles. The SMILES string of the molecule is CN(C)c1ccc([C@@H](O)C#N)cc1. The van der Waals surface area contributed by atoms with Gasteiger partial charge < -0.3 is 10.0 Å². The molecule has 1 aromatic carbocycles. The van der Waals surface area contributed by atoms with Crippen LogP contribution in [-0.2, 0) is 0 Å². The van der Waals surface area contributed by atoms with Crippen LogP contribution < -0.4 is 4.90 Å². The minimum Gasteiger partial charge on any atom is -0.378 e. The first-order chi connectivity index (χ1) is 6.15. The molecule has 3 heteroatoms. The molecule has 0 aliphatic rings. The van der Waals surface area contributed by atoms with E-state index in [9.17, 15) is 5.11 Å². The minimum atomic E-state index is -1.02. The Morgan fingerprint density at radius 3 is 2.23 bits per heavy atom. The summed E-state index contributed by atoms with van der Waals surface area (Å²) in [6.07, 6.45) is -1.02. The summed E-state index contributed by atoms with van der Waals surface area (Å²) >= 11 is 0. The lowest BCUT2D eigenvalue weighted by molar-refractivity contribution is 0.236. The van der Waals surface area contributed by atoms with Gasteiger partial charge in [0, 0.05) is 19.8 Å². The van der Waals surface area contributed by atoms with Crippen molar-refractivity contribution in [1.82, 2.24) is 0 Å². The molecule has 0 saturated heterocycles. The summed E-state index contributed by atoms with van der Waals surface area (Å²) in [6.45, 7) is 0. The fraction of sp³-hybridized carbons (Fsp3) is 0.300. The average Bonchev–Trinajstić information content (AvgIpc) is 2.17. The molecule has 3 nitrogen and oxygen atoms in total. The molecule has 0 unspecified atom stereocenters. The Morgan fingerprint density at radius 2 is 1.85 bits per heavy atom. The van der Waals surface area contributed by atoms with Crippen LogP contribution in [0.25, 0.3) is 0 Å². The second kappa shape index (κ2) is 3.92. The maximum atomic E-state index is 9.18. The first-order valence-electron chi connectivity index (χ1n) is 4.00. The van der Waals surface area contributed by atoms with Gasteiger partial charge in [-0.15, -0.1) is 0 Å². The molecular weight excluding hydrogens is 164 g/mol. The second-order valence-electron chi connectivity index (χ2n) is 3.02. The molecule has 1 aromatic rings. The van der Waals surface area contributed by atoms with E-state index in [1.54, 1.807) is 18.2 Å². The lowest BCUT2D eigenvalue weighted by Crippen LogP contribution is -2.08. The normalized spacial score (nSPS) is 11.8. The summed E-state index contributed by atoms with van der Waals surface area (Å²) in [4.78, 5) is 1.96. The lowest BCUT2D eigenvalue weighted by Gasteiger charge is -2.12. The number of nitrogens with zero attached hydrogens (tertiary/aromatic N) is 2. The van der Waals surface area contributed by atoms with E-state index in [1.165, 1.54) is 0 Å². The Morgan fingerprint density at radius 1 is 1.31 bits per heavy atom. The van der Waals surface area contributed by atoms with Gasteiger partial charge in [0.15, 0.2) is 6.10 Å². The molecule has 68 valence electrons. The molecule has 0 aromatic heterocycles. The van der Waals surface area contributed by atoms with Crippen molar-refractivity contribution < 1.29 is 5.11 Å². The van der Waals surface area contributed by atoms with Crippen molar-refractivity contribution in [3.63, 3.8) is 0 Å². The number of nitriles is 1. The van der Waals surface area contributed by atoms with Crippen molar-refractivity contribution in [2.75, 3.05) is 19.0 Å². The van der Waals surface area contributed by atoms with Crippen LogP contribution in [0.3, 0.4) is 0 Å². The van der Waals surface area contributed by atoms with E-state index in [0.29, 0.717) is 5.56 Å². The van der Waals surface area contributed by atoms with E-state index in [2.05, 4.69) is 0 Å². The maximum absolute atomic E-state index is 9.18. The molecule has 0 fully saturated rings. The topological polar surface area (TPSA) is 47.3 Å². The first-order valence-corrected chi connectivity index (χ1v) is 4.00. The van der Waals surface area contributed by atoms with Gasteiger partial charge >= 0.3 is 0 Å². The lowest BCUT2D eigenvalue weighted by atomic mass is 10.1. The summed E-state index contributed by atoms with van der Waals surface area (Å²) in [5.41, 5.74) is 1.68. The van der Waals surface area contributed by atoms with Crippen molar-refractivity contribution in [2.45, 2.75) is 6.10 Å². The minimum absolute atomic E-state index is 0.633. The number of rotatable bonds is 2. The van der Waals surface area contributed by atoms with Gasteiger partial charge in [-0.1, -0.05) is 12.1 Å². The predicted molar refractivity (Wildman–Crippen MR) is 51.3 cm³/mol. The summed E-state index contributed by atoms with van der Waals surface area (Å²) in [5, 5.41) is 17.6. The summed E-state index contributed by atoms with van der Waals surface area (Å²) in [6, 6.07) is 9.02. The van der Waals surface area contributed by atoms with Crippen LogP contribution in [0.5, 0.6) is 0 Å². The molecule has 1 rings (SSSR count). The number of hydrogen-bond donors (Lipinski definition) is 1. The zero-order chi connectivity index (χ0) is 9.84. The zero-order valence-corrected chi connectivity index (χ0v) is 7.73. The Hall–Kier alpha value is -1.53. The van der Waals surface area contributed by atoms with Crippen LogP contribution in [0.1, 0.15) is 11.7 Å². The van der Waals surface area contributed by atoms with Crippen LogP contribution in [0.15, 0.2) is 24.3 Å². The van der Waals surface area contributed by atoms with E-state index < -0.39 is 6.10 Å². The third-order valence-corrected chi connectivity index (χ3v) is 1.85. The molecule has 0 bridgehead atoms. The van der Waals surface area contributed by atoms with Gasteiger partial charge in [-0.05, 0) is 17.7 Å². The van der Waals surface area contributed by atoms with Crippen LogP contribution >= 0.6 is 0 Å². The predicted octanol–water partition coefficient (Wildman–Crippen LogP) is 1.31. The van der Waals surface area contributed by atoms with Crippen LogP contribution in [0, 0.1) is 11.3 Å². The molecule has 0 heterocycles. The highest BCUT2D eigenvalue weighted by molar-refractivity contribution is 5.46. The van der Waals surface area contributed by atoms with Gasteiger partial charge in [-0.2, -0.15) is 5.26 Å². The smallest absolute Gasteiger partial charge is 0.165 e. The Balaban J connectivity index is 2.89. The van der Waals surface area contributed by atoms with Gasteiger partial charge in [0.1, 0.15) is 0 Å². The monoisotopic (exact) mass is 176 g/mol. The van der Waals surface area contributed by atoms with Crippen LogP contribution in [0.4, 0.5) is 5.69 Å². The molecule has 1 N–H and O–H groups in total. The van der Waals surface area contributed by atoms with Gasteiger partial charge in [0.2, 0.25) is 0 Å². The second-order valence-corrected chi connectivity index (χ2v) is 3.02. The van der Waals surface area contributed by atoms with E-state index in [1.807, 2.05) is 31.1 Å². The zero-order valence-electron chi connectivity index (χ0n) is 7.73. The number of aliphatic hydroxyl groups excluding tert-OH is 1. The van der Waals surface area contributed by atoms with Gasteiger partial charge in [0.25, 0.3) is 0 Å². The van der Waals surface area contributed by atoms with Gasteiger partial charge in [-0.25, -0.2) is 0 Å². The molecular formula is C10H12N2O. The third-order valence-electron chi connectivity index (χ3n) is 1.85. The fourth-order valence-corrected chi connectivity index (χ4v) is 1.03. The molecule has 13 heavy (non-hydrogen) atoms. The maximum Gasteiger partial charge on any atom is 0.165 e. The number of aliphatic hydroxyl groups is 1. The summed E-state index contributed by atoms with van der Waals surface area (Å²) < 4.78 is 0. The molecule has 0 aliphatic carbocycles. The summed E-state index contributed by atoms with van der Waals surface area (Å²) in [5.74, 6) is 0. The van der Waals surface area contributed by atoms with Crippen molar-refractivity contribution in [2.24, 2.45) is 0 Å². The van der Waals surface area contributed by atoms with Crippen molar-refractivity contribution in [3.05, 3.63) is 29.8 Å².